The number of hydrogen-bond acceptors (Lipinski definition) is 12. The van der Waals surface area contributed by atoms with Gasteiger partial charge in [0, 0.05) is 13.2 Å². The molecular formula is C26H38O12. The quantitative estimate of drug-likeness (QED) is 0.175. The SMILES string of the molecule is COc1cc(CC(CO)C(CO)Cc2ccc(O)c(OC)c2)ccc1O.OCC1OC(O)C(O)C(O)C1O. The van der Waals surface area contributed by atoms with Crippen molar-refractivity contribution in [1.82, 2.24) is 0 Å². The molecule has 1 heterocycles. The number of aliphatic hydroxyl groups excluding tert-OH is 7. The predicted octanol–water partition coefficient (Wildman–Crippen LogP) is -1.10. The normalized spacial score (nSPS) is 24.6. The van der Waals surface area contributed by atoms with E-state index in [4.69, 9.17) is 35.0 Å². The third kappa shape index (κ3) is 8.16. The van der Waals surface area contributed by atoms with Crippen LogP contribution >= 0.6 is 0 Å². The standard InChI is InChI=1S/C20H26O6.C6H12O6/c1-25-19-9-13(3-5-17(19)23)7-15(11-21)16(12-22)8-14-4-6-18(24)20(10-14)26-2;7-1-2-3(8)4(9)5(10)6(11)12-2/h3-6,9-10,15-16,21-24H,7-8,11-12H2,1-2H3;2-11H,1H2. The van der Waals surface area contributed by atoms with Crippen molar-refractivity contribution >= 4 is 0 Å². The average molecular weight is 543 g/mol. The Hall–Kier alpha value is -2.68. The molecule has 2 aromatic rings. The number of hydrogen-bond donors (Lipinski definition) is 9. The first-order valence-corrected chi connectivity index (χ1v) is 12.0. The van der Waals surface area contributed by atoms with E-state index in [1.165, 1.54) is 14.2 Å². The van der Waals surface area contributed by atoms with Crippen LogP contribution < -0.4 is 9.47 Å². The molecule has 1 fully saturated rings. The van der Waals surface area contributed by atoms with Crippen LogP contribution in [0.5, 0.6) is 23.0 Å². The van der Waals surface area contributed by atoms with Crippen LogP contribution in [0, 0.1) is 11.8 Å². The van der Waals surface area contributed by atoms with Gasteiger partial charge in [-0.15, -0.1) is 0 Å². The van der Waals surface area contributed by atoms with E-state index in [0.29, 0.717) is 24.3 Å². The van der Waals surface area contributed by atoms with Crippen molar-refractivity contribution in [3.05, 3.63) is 47.5 Å². The fourth-order valence-corrected chi connectivity index (χ4v) is 4.15. The molecule has 1 aliphatic heterocycles. The van der Waals surface area contributed by atoms with E-state index in [1.54, 1.807) is 36.4 Å². The summed E-state index contributed by atoms with van der Waals surface area (Å²) in [5.74, 6) is 0.535. The van der Waals surface area contributed by atoms with Gasteiger partial charge in [0.1, 0.15) is 24.4 Å². The second-order valence-electron chi connectivity index (χ2n) is 9.03. The van der Waals surface area contributed by atoms with Crippen LogP contribution in [0.3, 0.4) is 0 Å². The zero-order chi connectivity index (χ0) is 28.4. The van der Waals surface area contributed by atoms with Crippen molar-refractivity contribution in [3.63, 3.8) is 0 Å². The zero-order valence-corrected chi connectivity index (χ0v) is 21.3. The van der Waals surface area contributed by atoms with E-state index in [0.717, 1.165) is 11.1 Å². The van der Waals surface area contributed by atoms with Crippen molar-refractivity contribution in [3.8, 4) is 23.0 Å². The second kappa shape index (κ2) is 15.0. The van der Waals surface area contributed by atoms with Gasteiger partial charge in [0.05, 0.1) is 20.8 Å². The molecule has 12 nitrogen and oxygen atoms in total. The molecule has 7 atom stereocenters. The van der Waals surface area contributed by atoms with Gasteiger partial charge in [0.25, 0.3) is 0 Å². The Morgan fingerprint density at radius 3 is 1.53 bits per heavy atom. The van der Waals surface area contributed by atoms with Gasteiger partial charge in [0.2, 0.25) is 0 Å². The maximum absolute atomic E-state index is 9.84. The van der Waals surface area contributed by atoms with Crippen molar-refractivity contribution < 1.29 is 60.2 Å². The number of phenols is 2. The smallest absolute Gasteiger partial charge is 0.184 e. The molecule has 9 N–H and O–H groups in total. The Morgan fingerprint density at radius 2 is 1.16 bits per heavy atom. The van der Waals surface area contributed by atoms with E-state index in [2.05, 4.69) is 4.74 Å². The third-order valence-corrected chi connectivity index (χ3v) is 6.49. The van der Waals surface area contributed by atoms with Gasteiger partial charge in [-0.3, -0.25) is 0 Å². The van der Waals surface area contributed by atoms with Crippen molar-refractivity contribution in [2.45, 2.75) is 43.5 Å². The average Bonchev–Trinajstić information content (AvgIpc) is 2.93. The summed E-state index contributed by atoms with van der Waals surface area (Å²) in [5, 5.41) is 83.7. The summed E-state index contributed by atoms with van der Waals surface area (Å²) in [6.45, 7) is -0.685. The third-order valence-electron chi connectivity index (χ3n) is 6.49. The number of benzene rings is 2. The van der Waals surface area contributed by atoms with E-state index in [-0.39, 0.29) is 36.5 Å². The predicted molar refractivity (Wildman–Crippen MR) is 134 cm³/mol. The van der Waals surface area contributed by atoms with E-state index in [9.17, 15) is 20.4 Å². The molecule has 0 aromatic heterocycles. The first-order valence-electron chi connectivity index (χ1n) is 12.0. The summed E-state index contributed by atoms with van der Waals surface area (Å²) >= 11 is 0. The van der Waals surface area contributed by atoms with Crippen LogP contribution in [0.15, 0.2) is 36.4 Å². The lowest BCUT2D eigenvalue weighted by atomic mass is 9.83. The molecule has 0 saturated carbocycles. The molecule has 0 amide bonds. The van der Waals surface area contributed by atoms with Gasteiger partial charge in [-0.05, 0) is 60.1 Å². The van der Waals surface area contributed by atoms with E-state index in [1.807, 2.05) is 0 Å². The Morgan fingerprint density at radius 1 is 0.711 bits per heavy atom. The Bertz CT molecular complexity index is 920. The molecule has 0 aliphatic carbocycles. The van der Waals surface area contributed by atoms with Gasteiger partial charge in [-0.25, -0.2) is 0 Å². The Balaban J connectivity index is 0.000000352. The number of methoxy groups -OCH3 is 2. The maximum Gasteiger partial charge on any atom is 0.184 e. The Labute approximate surface area is 220 Å². The van der Waals surface area contributed by atoms with Crippen molar-refractivity contribution in [2.24, 2.45) is 11.8 Å². The van der Waals surface area contributed by atoms with Gasteiger partial charge < -0.3 is 60.2 Å². The molecule has 0 spiro atoms. The molecule has 3 rings (SSSR count). The minimum atomic E-state index is -1.57. The molecule has 1 saturated heterocycles. The zero-order valence-electron chi connectivity index (χ0n) is 21.3. The van der Waals surface area contributed by atoms with Crippen molar-refractivity contribution in [2.75, 3.05) is 34.0 Å². The van der Waals surface area contributed by atoms with Gasteiger partial charge in [0.15, 0.2) is 29.3 Å². The minimum absolute atomic E-state index is 0.0618. The lowest BCUT2D eigenvalue weighted by Crippen LogP contribution is -2.58. The van der Waals surface area contributed by atoms with Crippen LogP contribution in [-0.4, -0.2) is 111 Å². The van der Waals surface area contributed by atoms with Gasteiger partial charge in [-0.2, -0.15) is 0 Å². The highest BCUT2D eigenvalue weighted by atomic mass is 16.6. The molecule has 0 radical (unpaired) electrons. The fraction of sp³-hybridized carbons (Fsp3) is 0.538. The van der Waals surface area contributed by atoms with E-state index < -0.39 is 37.3 Å². The second-order valence-corrected chi connectivity index (χ2v) is 9.03. The number of rotatable bonds is 10. The molecular weight excluding hydrogens is 504 g/mol. The molecule has 1 aliphatic rings. The molecule has 38 heavy (non-hydrogen) atoms. The van der Waals surface area contributed by atoms with Crippen LogP contribution in [0.4, 0.5) is 0 Å². The molecule has 214 valence electrons. The summed E-state index contributed by atoms with van der Waals surface area (Å²) < 4.78 is 14.8. The number of phenolic OH excluding ortho intramolecular Hbond substituents is 2. The Kier molecular flexibility index (Phi) is 12.5. The lowest BCUT2D eigenvalue weighted by molar-refractivity contribution is -0.286. The minimum Gasteiger partial charge on any atom is -0.504 e. The summed E-state index contributed by atoms with van der Waals surface area (Å²) in [6, 6.07) is 10.1. The summed E-state index contributed by atoms with van der Waals surface area (Å²) in [6.07, 6.45) is -5.97. The molecule has 0 bridgehead atoms. The van der Waals surface area contributed by atoms with Gasteiger partial charge >= 0.3 is 0 Å². The largest absolute Gasteiger partial charge is 0.504 e. The van der Waals surface area contributed by atoms with E-state index >= 15 is 0 Å². The first-order chi connectivity index (χ1) is 18.1. The molecule has 12 heteroatoms. The van der Waals surface area contributed by atoms with Crippen LogP contribution in [0.25, 0.3) is 0 Å². The summed E-state index contributed by atoms with van der Waals surface area (Å²) in [4.78, 5) is 0. The van der Waals surface area contributed by atoms with Crippen LogP contribution in [-0.2, 0) is 17.6 Å². The topological polar surface area (TPSA) is 210 Å². The molecule has 7 unspecified atom stereocenters. The maximum atomic E-state index is 9.84. The molecule has 2 aromatic carbocycles. The first kappa shape index (κ1) is 31.5. The highest BCUT2D eigenvalue weighted by Gasteiger charge is 2.42. The monoisotopic (exact) mass is 542 g/mol. The van der Waals surface area contributed by atoms with Crippen molar-refractivity contribution in [1.29, 1.82) is 0 Å². The number of aliphatic hydroxyl groups is 7. The lowest BCUT2D eigenvalue weighted by Gasteiger charge is -2.37. The highest BCUT2D eigenvalue weighted by molar-refractivity contribution is 5.43. The fourth-order valence-electron chi connectivity index (χ4n) is 4.15. The van der Waals surface area contributed by atoms with Crippen LogP contribution in [0.2, 0.25) is 0 Å². The summed E-state index contributed by atoms with van der Waals surface area (Å²) in [5.41, 5.74) is 1.81. The number of aromatic hydroxyl groups is 2. The highest BCUT2D eigenvalue weighted by Crippen LogP contribution is 2.31. The van der Waals surface area contributed by atoms with Crippen LogP contribution in [0.1, 0.15) is 11.1 Å². The summed E-state index contributed by atoms with van der Waals surface area (Å²) in [7, 11) is 2.97. The number of ether oxygens (including phenoxy) is 3. The van der Waals surface area contributed by atoms with Gasteiger partial charge in [-0.1, -0.05) is 12.1 Å².